The molecule has 0 radical (unpaired) electrons. The number of piperidine rings is 1. The van der Waals surface area contributed by atoms with Gasteiger partial charge in [0.25, 0.3) is 5.91 Å². The molecule has 0 bridgehead atoms. The molecule has 0 aromatic heterocycles. The average molecular weight is 437 g/mol. The summed E-state index contributed by atoms with van der Waals surface area (Å²) in [6, 6.07) is 18.0. The first-order chi connectivity index (χ1) is 15.4. The third-order valence-electron chi connectivity index (χ3n) is 6.27. The van der Waals surface area contributed by atoms with Crippen molar-refractivity contribution in [2.45, 2.75) is 70.9 Å². The van der Waals surface area contributed by atoms with Gasteiger partial charge in [-0.2, -0.15) is 0 Å². The Kier molecular flexibility index (Phi) is 8.32. The molecular weight excluding hydrogens is 400 g/mol. The van der Waals surface area contributed by atoms with Gasteiger partial charge >= 0.3 is 0 Å². The minimum atomic E-state index is -0.570. The Morgan fingerprint density at radius 2 is 1.66 bits per heavy atom. The van der Waals surface area contributed by atoms with E-state index >= 15 is 0 Å². The molecule has 1 heterocycles. The monoisotopic (exact) mass is 436 g/mol. The van der Waals surface area contributed by atoms with Crippen LogP contribution in [0.1, 0.15) is 69.9 Å². The molecule has 172 valence electrons. The highest BCUT2D eigenvalue weighted by molar-refractivity contribution is 5.84. The van der Waals surface area contributed by atoms with Gasteiger partial charge in [-0.15, -0.1) is 0 Å². The minimum absolute atomic E-state index is 0.0661. The predicted molar refractivity (Wildman–Crippen MR) is 128 cm³/mol. The van der Waals surface area contributed by atoms with Crippen molar-refractivity contribution in [3.8, 4) is 5.75 Å². The molecule has 2 unspecified atom stereocenters. The molecule has 1 fully saturated rings. The van der Waals surface area contributed by atoms with Gasteiger partial charge in [0, 0.05) is 19.1 Å². The van der Waals surface area contributed by atoms with Crippen LogP contribution in [0.3, 0.4) is 0 Å². The highest BCUT2D eigenvalue weighted by Gasteiger charge is 2.29. The first kappa shape index (κ1) is 23.8. The van der Waals surface area contributed by atoms with E-state index in [1.807, 2.05) is 53.4 Å². The van der Waals surface area contributed by atoms with Crippen molar-refractivity contribution in [1.29, 1.82) is 0 Å². The standard InChI is InChI=1S/C27H36N2O3/c1-5-25(21-10-7-6-8-11-21)27(31)29-16-14-23(15-17-29)28-26(30)20(4)32-24-13-9-12-22(18-24)19(2)3/h6-13,18-20,23,25H,5,14-17H2,1-4H3,(H,28,30). The van der Waals surface area contributed by atoms with Crippen molar-refractivity contribution < 1.29 is 14.3 Å². The largest absolute Gasteiger partial charge is 0.481 e. The number of benzene rings is 2. The second-order valence-electron chi connectivity index (χ2n) is 8.97. The number of nitrogens with one attached hydrogen (secondary N) is 1. The predicted octanol–water partition coefficient (Wildman–Crippen LogP) is 4.88. The van der Waals surface area contributed by atoms with Crippen LogP contribution in [-0.4, -0.2) is 41.9 Å². The van der Waals surface area contributed by atoms with Crippen molar-refractivity contribution in [3.63, 3.8) is 0 Å². The summed E-state index contributed by atoms with van der Waals surface area (Å²) in [6.07, 6.45) is 1.74. The number of hydrogen-bond donors (Lipinski definition) is 1. The van der Waals surface area contributed by atoms with Gasteiger partial charge in [-0.05, 0) is 55.4 Å². The van der Waals surface area contributed by atoms with Gasteiger partial charge in [0.1, 0.15) is 5.75 Å². The number of nitrogens with zero attached hydrogens (tertiary/aromatic N) is 1. The maximum atomic E-state index is 13.1. The summed E-state index contributed by atoms with van der Waals surface area (Å²) >= 11 is 0. The molecule has 5 heteroatoms. The van der Waals surface area contributed by atoms with Crippen LogP contribution in [0, 0.1) is 0 Å². The highest BCUT2D eigenvalue weighted by Crippen LogP contribution is 2.24. The Labute approximate surface area is 192 Å². The van der Waals surface area contributed by atoms with Crippen molar-refractivity contribution in [3.05, 3.63) is 65.7 Å². The van der Waals surface area contributed by atoms with Gasteiger partial charge in [-0.3, -0.25) is 9.59 Å². The van der Waals surface area contributed by atoms with Crippen LogP contribution in [0.2, 0.25) is 0 Å². The SMILES string of the molecule is CCC(C(=O)N1CCC(NC(=O)C(C)Oc2cccc(C(C)C)c2)CC1)c1ccccc1. The second-order valence-corrected chi connectivity index (χ2v) is 8.97. The summed E-state index contributed by atoms with van der Waals surface area (Å²) in [5.41, 5.74) is 2.26. The van der Waals surface area contributed by atoms with Gasteiger partial charge in [0.2, 0.25) is 5.91 Å². The van der Waals surface area contributed by atoms with Crippen LogP contribution in [0.4, 0.5) is 0 Å². The van der Waals surface area contributed by atoms with Crippen LogP contribution in [0.5, 0.6) is 5.75 Å². The normalized spacial score (nSPS) is 16.5. The van der Waals surface area contributed by atoms with Crippen molar-refractivity contribution in [2.24, 2.45) is 0 Å². The smallest absolute Gasteiger partial charge is 0.260 e. The zero-order valence-electron chi connectivity index (χ0n) is 19.7. The van der Waals surface area contributed by atoms with E-state index in [-0.39, 0.29) is 23.8 Å². The lowest BCUT2D eigenvalue weighted by molar-refractivity contribution is -0.134. The van der Waals surface area contributed by atoms with Crippen LogP contribution in [-0.2, 0) is 9.59 Å². The maximum Gasteiger partial charge on any atom is 0.260 e. The number of rotatable bonds is 8. The van der Waals surface area contributed by atoms with E-state index in [2.05, 4.69) is 32.2 Å². The van der Waals surface area contributed by atoms with Gasteiger partial charge < -0.3 is 15.0 Å². The van der Waals surface area contributed by atoms with Gasteiger partial charge in [0.15, 0.2) is 6.10 Å². The number of carbonyl (C=O) groups is 2. The quantitative estimate of drug-likeness (QED) is 0.642. The number of carbonyl (C=O) groups excluding carboxylic acids is 2. The fourth-order valence-corrected chi connectivity index (χ4v) is 4.23. The molecule has 3 rings (SSSR count). The molecular formula is C27H36N2O3. The summed E-state index contributed by atoms with van der Waals surface area (Å²) in [5, 5.41) is 3.11. The third kappa shape index (κ3) is 6.12. The topological polar surface area (TPSA) is 58.6 Å². The minimum Gasteiger partial charge on any atom is -0.481 e. The lowest BCUT2D eigenvalue weighted by atomic mass is 9.93. The zero-order valence-corrected chi connectivity index (χ0v) is 19.7. The summed E-state index contributed by atoms with van der Waals surface area (Å²) < 4.78 is 5.89. The van der Waals surface area contributed by atoms with E-state index in [1.165, 1.54) is 5.56 Å². The zero-order chi connectivity index (χ0) is 23.1. The average Bonchev–Trinajstić information content (AvgIpc) is 2.80. The fraction of sp³-hybridized carbons (Fsp3) is 0.481. The molecule has 2 aromatic carbocycles. The van der Waals surface area contributed by atoms with Crippen molar-refractivity contribution in [1.82, 2.24) is 10.2 Å². The molecule has 32 heavy (non-hydrogen) atoms. The van der Waals surface area contributed by atoms with Crippen LogP contribution < -0.4 is 10.1 Å². The molecule has 0 saturated carbocycles. The molecule has 1 saturated heterocycles. The number of hydrogen-bond acceptors (Lipinski definition) is 3. The first-order valence-corrected chi connectivity index (χ1v) is 11.8. The first-order valence-electron chi connectivity index (χ1n) is 11.8. The Balaban J connectivity index is 1.49. The molecule has 5 nitrogen and oxygen atoms in total. The van der Waals surface area contributed by atoms with E-state index in [1.54, 1.807) is 6.92 Å². The van der Waals surface area contributed by atoms with E-state index in [0.29, 0.717) is 24.8 Å². The number of amides is 2. The lowest BCUT2D eigenvalue weighted by Crippen LogP contribution is -2.50. The molecule has 0 aliphatic carbocycles. The third-order valence-corrected chi connectivity index (χ3v) is 6.27. The number of likely N-dealkylation sites (tertiary alicyclic amines) is 1. The second kappa shape index (κ2) is 11.2. The summed E-state index contributed by atoms with van der Waals surface area (Å²) in [5.74, 6) is 1.10. The molecule has 1 N–H and O–H groups in total. The van der Waals surface area contributed by atoms with Crippen LogP contribution >= 0.6 is 0 Å². The van der Waals surface area contributed by atoms with Crippen molar-refractivity contribution >= 4 is 11.8 Å². The summed E-state index contributed by atoms with van der Waals surface area (Å²) in [7, 11) is 0. The van der Waals surface area contributed by atoms with E-state index < -0.39 is 6.10 Å². The Morgan fingerprint density at radius 1 is 1.00 bits per heavy atom. The van der Waals surface area contributed by atoms with Gasteiger partial charge in [-0.1, -0.05) is 63.2 Å². The molecule has 2 amide bonds. The summed E-state index contributed by atoms with van der Waals surface area (Å²) in [4.78, 5) is 27.7. The maximum absolute atomic E-state index is 13.1. The highest BCUT2D eigenvalue weighted by atomic mass is 16.5. The molecule has 2 aromatic rings. The lowest BCUT2D eigenvalue weighted by Gasteiger charge is -2.35. The Hall–Kier alpha value is -2.82. The fourth-order valence-electron chi connectivity index (χ4n) is 4.23. The molecule has 1 aliphatic rings. The van der Waals surface area contributed by atoms with E-state index in [0.717, 1.165) is 24.8 Å². The van der Waals surface area contributed by atoms with Gasteiger partial charge in [-0.25, -0.2) is 0 Å². The molecule has 0 spiro atoms. The summed E-state index contributed by atoms with van der Waals surface area (Å²) in [6.45, 7) is 9.43. The van der Waals surface area contributed by atoms with Gasteiger partial charge in [0.05, 0.1) is 5.92 Å². The Morgan fingerprint density at radius 3 is 2.28 bits per heavy atom. The van der Waals surface area contributed by atoms with Crippen LogP contribution in [0.15, 0.2) is 54.6 Å². The van der Waals surface area contributed by atoms with Crippen molar-refractivity contribution in [2.75, 3.05) is 13.1 Å². The Bertz CT molecular complexity index is 889. The van der Waals surface area contributed by atoms with Crippen LogP contribution in [0.25, 0.3) is 0 Å². The van der Waals surface area contributed by atoms with E-state index in [4.69, 9.17) is 4.74 Å². The molecule has 1 aliphatic heterocycles. The molecule has 2 atom stereocenters. The van der Waals surface area contributed by atoms with E-state index in [9.17, 15) is 9.59 Å². The number of ether oxygens (including phenoxy) is 1.